The maximum atomic E-state index is 11.9. The van der Waals surface area contributed by atoms with Gasteiger partial charge in [0.1, 0.15) is 0 Å². The predicted octanol–water partition coefficient (Wildman–Crippen LogP) is 0.662. The Morgan fingerprint density at radius 2 is 2.15 bits per heavy atom. The van der Waals surface area contributed by atoms with Crippen molar-refractivity contribution in [2.75, 3.05) is 6.54 Å². The van der Waals surface area contributed by atoms with E-state index in [1.165, 1.54) is 18.2 Å². The second kappa shape index (κ2) is 7.12. The van der Waals surface area contributed by atoms with Gasteiger partial charge in [-0.15, -0.1) is 4.83 Å². The fourth-order valence-corrected chi connectivity index (χ4v) is 2.33. The molecule has 0 unspecified atom stereocenters. The summed E-state index contributed by atoms with van der Waals surface area (Å²) in [5.74, 6) is 0. The normalized spacial score (nSPS) is 10.8. The van der Waals surface area contributed by atoms with E-state index in [9.17, 15) is 18.5 Å². The number of nitro groups is 1. The molecule has 3 N–H and O–H groups in total. The average Bonchev–Trinajstić information content (AvgIpc) is 2.43. The smallest absolute Gasteiger partial charge is 0.270 e. The van der Waals surface area contributed by atoms with Crippen molar-refractivity contribution in [2.24, 2.45) is 0 Å². The Morgan fingerprint density at radius 3 is 2.75 bits per heavy atom. The third-order valence-corrected chi connectivity index (χ3v) is 3.66. The lowest BCUT2D eigenvalue weighted by molar-refractivity contribution is -0.385. The standard InChI is InChI=1S/C10H14N4O4S2/c1-2-6-11-10(19)12-13-20(17,18)9-5-3-4-8(7-9)14(15)16/h3-5,7,13H,2,6H2,1H3,(H2,11,12,19). The van der Waals surface area contributed by atoms with Crippen LogP contribution in [0.5, 0.6) is 0 Å². The van der Waals surface area contributed by atoms with E-state index >= 15 is 0 Å². The fourth-order valence-electron chi connectivity index (χ4n) is 1.22. The van der Waals surface area contributed by atoms with Gasteiger partial charge >= 0.3 is 0 Å². The molecule has 0 amide bonds. The molecule has 8 nitrogen and oxygen atoms in total. The Hall–Kier alpha value is -1.78. The zero-order valence-electron chi connectivity index (χ0n) is 10.6. The molecule has 0 aromatic heterocycles. The Morgan fingerprint density at radius 1 is 1.45 bits per heavy atom. The summed E-state index contributed by atoms with van der Waals surface area (Å²) in [7, 11) is -3.93. The van der Waals surface area contributed by atoms with E-state index in [4.69, 9.17) is 12.2 Å². The van der Waals surface area contributed by atoms with Crippen LogP contribution in [0, 0.1) is 10.1 Å². The second-order valence-corrected chi connectivity index (χ2v) is 5.83. The van der Waals surface area contributed by atoms with Crippen LogP contribution >= 0.6 is 12.2 Å². The molecule has 0 radical (unpaired) electrons. The SMILES string of the molecule is CCCNC(=S)NNS(=O)(=O)c1cccc([N+](=O)[O-])c1. The number of nitro benzene ring substituents is 1. The lowest BCUT2D eigenvalue weighted by Crippen LogP contribution is -2.46. The van der Waals surface area contributed by atoms with E-state index in [0.29, 0.717) is 6.54 Å². The van der Waals surface area contributed by atoms with Crippen molar-refractivity contribution in [1.82, 2.24) is 15.6 Å². The summed E-state index contributed by atoms with van der Waals surface area (Å²) in [6.45, 7) is 2.53. The Balaban J connectivity index is 2.76. The number of non-ortho nitro benzene ring substituents is 1. The molecule has 0 saturated carbocycles. The summed E-state index contributed by atoms with van der Waals surface area (Å²) >= 11 is 4.85. The minimum absolute atomic E-state index is 0.126. The molecular formula is C10H14N4O4S2. The third kappa shape index (κ3) is 4.72. The molecule has 20 heavy (non-hydrogen) atoms. The summed E-state index contributed by atoms with van der Waals surface area (Å²) < 4.78 is 23.8. The van der Waals surface area contributed by atoms with Gasteiger partial charge < -0.3 is 5.32 Å². The highest BCUT2D eigenvalue weighted by molar-refractivity contribution is 7.89. The quantitative estimate of drug-likeness (QED) is 0.401. The zero-order valence-corrected chi connectivity index (χ0v) is 12.3. The van der Waals surface area contributed by atoms with Gasteiger partial charge in [-0.25, -0.2) is 8.42 Å². The summed E-state index contributed by atoms with van der Waals surface area (Å²) in [6, 6.07) is 4.71. The highest BCUT2D eigenvalue weighted by Crippen LogP contribution is 2.16. The minimum Gasteiger partial charge on any atom is -0.362 e. The van der Waals surface area contributed by atoms with Gasteiger partial charge in [-0.3, -0.25) is 15.5 Å². The number of rotatable bonds is 6. The van der Waals surface area contributed by atoms with Gasteiger partial charge in [0.2, 0.25) is 0 Å². The third-order valence-electron chi connectivity index (χ3n) is 2.17. The molecule has 10 heteroatoms. The molecular weight excluding hydrogens is 304 g/mol. The molecule has 110 valence electrons. The van der Waals surface area contributed by atoms with E-state index in [2.05, 4.69) is 10.7 Å². The first kappa shape index (κ1) is 16.3. The number of benzene rings is 1. The zero-order chi connectivity index (χ0) is 15.2. The van der Waals surface area contributed by atoms with E-state index < -0.39 is 14.9 Å². The van der Waals surface area contributed by atoms with E-state index in [-0.39, 0.29) is 15.7 Å². The molecule has 0 aliphatic rings. The lowest BCUT2D eigenvalue weighted by atomic mass is 10.3. The first-order valence-corrected chi connectivity index (χ1v) is 7.56. The van der Waals surface area contributed by atoms with Crippen LogP contribution in [0.25, 0.3) is 0 Å². The molecule has 0 heterocycles. The topological polar surface area (TPSA) is 113 Å². The van der Waals surface area contributed by atoms with Crippen molar-refractivity contribution < 1.29 is 13.3 Å². The van der Waals surface area contributed by atoms with E-state index in [1.54, 1.807) is 0 Å². The number of thiocarbonyl (C=S) groups is 1. The van der Waals surface area contributed by atoms with Gasteiger partial charge in [0, 0.05) is 18.7 Å². The molecule has 0 aliphatic carbocycles. The molecule has 0 fully saturated rings. The van der Waals surface area contributed by atoms with Gasteiger partial charge in [0.25, 0.3) is 15.7 Å². The summed E-state index contributed by atoms with van der Waals surface area (Å²) in [5, 5.41) is 13.5. The Kier molecular flexibility index (Phi) is 5.80. The van der Waals surface area contributed by atoms with Crippen LogP contribution in [0.2, 0.25) is 0 Å². The lowest BCUT2D eigenvalue weighted by Gasteiger charge is -2.11. The maximum Gasteiger partial charge on any atom is 0.270 e. The highest BCUT2D eigenvalue weighted by atomic mass is 32.2. The van der Waals surface area contributed by atoms with Gasteiger partial charge in [-0.1, -0.05) is 13.0 Å². The summed E-state index contributed by atoms with van der Waals surface area (Å²) in [5.41, 5.74) is 2.01. The van der Waals surface area contributed by atoms with Crippen LogP contribution in [0.4, 0.5) is 5.69 Å². The first-order chi connectivity index (χ1) is 9.36. The van der Waals surface area contributed by atoms with Crippen LogP contribution in [-0.4, -0.2) is 25.0 Å². The minimum atomic E-state index is -3.93. The predicted molar refractivity (Wildman–Crippen MR) is 77.4 cm³/mol. The molecule has 0 bridgehead atoms. The molecule has 1 aromatic carbocycles. The number of nitrogens with one attached hydrogen (secondary N) is 3. The van der Waals surface area contributed by atoms with Crippen LogP contribution in [0.15, 0.2) is 29.2 Å². The van der Waals surface area contributed by atoms with Gasteiger partial charge in [-0.2, -0.15) is 0 Å². The van der Waals surface area contributed by atoms with Gasteiger partial charge in [-0.05, 0) is 24.7 Å². The van der Waals surface area contributed by atoms with Crippen molar-refractivity contribution in [3.05, 3.63) is 34.4 Å². The molecule has 0 aliphatic heterocycles. The number of hydrazine groups is 1. The Labute approximate surface area is 121 Å². The number of hydrogen-bond acceptors (Lipinski definition) is 5. The van der Waals surface area contributed by atoms with Crippen molar-refractivity contribution in [2.45, 2.75) is 18.2 Å². The largest absolute Gasteiger partial charge is 0.362 e. The maximum absolute atomic E-state index is 11.9. The molecule has 1 rings (SSSR count). The summed E-state index contributed by atoms with van der Waals surface area (Å²) in [6.07, 6.45) is 0.833. The second-order valence-electron chi connectivity index (χ2n) is 3.74. The average molecular weight is 318 g/mol. The van der Waals surface area contributed by atoms with Crippen LogP contribution in [0.1, 0.15) is 13.3 Å². The highest BCUT2D eigenvalue weighted by Gasteiger charge is 2.17. The first-order valence-electron chi connectivity index (χ1n) is 5.67. The van der Waals surface area contributed by atoms with Crippen molar-refractivity contribution in [3.8, 4) is 0 Å². The van der Waals surface area contributed by atoms with Crippen LogP contribution in [0.3, 0.4) is 0 Å². The number of sulfonamides is 1. The summed E-state index contributed by atoms with van der Waals surface area (Å²) in [4.78, 5) is 11.8. The van der Waals surface area contributed by atoms with Crippen molar-refractivity contribution >= 4 is 33.0 Å². The van der Waals surface area contributed by atoms with Crippen LogP contribution in [-0.2, 0) is 10.0 Å². The van der Waals surface area contributed by atoms with Crippen molar-refractivity contribution in [3.63, 3.8) is 0 Å². The van der Waals surface area contributed by atoms with Gasteiger partial charge in [0.15, 0.2) is 5.11 Å². The van der Waals surface area contributed by atoms with E-state index in [1.807, 2.05) is 11.8 Å². The number of nitrogens with zero attached hydrogens (tertiary/aromatic N) is 1. The molecule has 0 atom stereocenters. The van der Waals surface area contributed by atoms with E-state index in [0.717, 1.165) is 12.5 Å². The van der Waals surface area contributed by atoms with Crippen LogP contribution < -0.4 is 15.6 Å². The fraction of sp³-hybridized carbons (Fsp3) is 0.300. The molecule has 0 spiro atoms. The molecule has 0 saturated heterocycles. The number of hydrogen-bond donors (Lipinski definition) is 3. The van der Waals surface area contributed by atoms with Gasteiger partial charge in [0.05, 0.1) is 9.82 Å². The Bertz CT molecular complexity index is 603. The molecule has 1 aromatic rings. The van der Waals surface area contributed by atoms with Crippen molar-refractivity contribution in [1.29, 1.82) is 0 Å². The monoisotopic (exact) mass is 318 g/mol.